The molecule has 7 heteroatoms. The fourth-order valence-corrected chi connectivity index (χ4v) is 2.81. The quantitative estimate of drug-likeness (QED) is 0.928. The van der Waals surface area contributed by atoms with Crippen molar-refractivity contribution in [2.24, 2.45) is 0 Å². The van der Waals surface area contributed by atoms with Gasteiger partial charge < -0.3 is 14.4 Å². The standard InChI is InChI=1S/C18H20FN3O3/c1-12-10-22(11-16(25-12)13-5-7-14(19)8-6-13)18(23)21-17-15(24-2)4-3-9-20-17/h3-9,12,16H,10-11H2,1-2H3,(H,20,21,23)/t12-,16+/m1/s1. The molecule has 25 heavy (non-hydrogen) atoms. The zero-order valence-electron chi connectivity index (χ0n) is 14.1. The molecule has 1 N–H and O–H groups in total. The number of amides is 2. The Morgan fingerprint density at radius 2 is 2.08 bits per heavy atom. The highest BCUT2D eigenvalue weighted by atomic mass is 19.1. The van der Waals surface area contributed by atoms with Gasteiger partial charge in [-0.2, -0.15) is 0 Å². The fraction of sp³-hybridized carbons (Fsp3) is 0.333. The summed E-state index contributed by atoms with van der Waals surface area (Å²) in [5.41, 5.74) is 0.834. The van der Waals surface area contributed by atoms with Crippen LogP contribution in [0, 0.1) is 5.82 Å². The van der Waals surface area contributed by atoms with Gasteiger partial charge in [0.1, 0.15) is 11.9 Å². The van der Waals surface area contributed by atoms with E-state index in [-0.39, 0.29) is 24.1 Å². The molecule has 6 nitrogen and oxygen atoms in total. The Morgan fingerprint density at radius 3 is 2.80 bits per heavy atom. The normalized spacial score (nSPS) is 20.2. The van der Waals surface area contributed by atoms with Gasteiger partial charge in [0.2, 0.25) is 0 Å². The molecule has 2 atom stereocenters. The van der Waals surface area contributed by atoms with Crippen LogP contribution in [0.2, 0.25) is 0 Å². The third-order valence-corrected chi connectivity index (χ3v) is 4.01. The molecular weight excluding hydrogens is 325 g/mol. The fourth-order valence-electron chi connectivity index (χ4n) is 2.81. The Bertz CT molecular complexity index is 739. The second-order valence-corrected chi connectivity index (χ2v) is 5.88. The van der Waals surface area contributed by atoms with E-state index in [1.807, 2.05) is 6.92 Å². The first-order valence-electron chi connectivity index (χ1n) is 8.02. The molecule has 1 saturated heterocycles. The topological polar surface area (TPSA) is 63.7 Å². The van der Waals surface area contributed by atoms with E-state index in [1.54, 1.807) is 35.4 Å². The molecule has 0 unspecified atom stereocenters. The average molecular weight is 345 g/mol. The monoisotopic (exact) mass is 345 g/mol. The van der Waals surface area contributed by atoms with Crippen molar-refractivity contribution >= 4 is 11.8 Å². The van der Waals surface area contributed by atoms with Crippen molar-refractivity contribution in [3.63, 3.8) is 0 Å². The number of halogens is 1. The summed E-state index contributed by atoms with van der Waals surface area (Å²) < 4.78 is 24.2. The van der Waals surface area contributed by atoms with Gasteiger partial charge in [-0.05, 0) is 36.8 Å². The van der Waals surface area contributed by atoms with E-state index in [1.165, 1.54) is 19.2 Å². The number of aromatic nitrogens is 1. The van der Waals surface area contributed by atoms with Crippen molar-refractivity contribution in [1.29, 1.82) is 0 Å². The summed E-state index contributed by atoms with van der Waals surface area (Å²) >= 11 is 0. The van der Waals surface area contributed by atoms with Gasteiger partial charge in [0.15, 0.2) is 11.6 Å². The molecule has 1 aliphatic heterocycles. The number of nitrogens with one attached hydrogen (secondary N) is 1. The lowest BCUT2D eigenvalue weighted by Gasteiger charge is -2.37. The lowest BCUT2D eigenvalue weighted by atomic mass is 10.1. The van der Waals surface area contributed by atoms with E-state index >= 15 is 0 Å². The van der Waals surface area contributed by atoms with Crippen molar-refractivity contribution in [2.45, 2.75) is 19.1 Å². The predicted octanol–water partition coefficient (Wildman–Crippen LogP) is 3.22. The van der Waals surface area contributed by atoms with Gasteiger partial charge >= 0.3 is 6.03 Å². The summed E-state index contributed by atoms with van der Waals surface area (Å²) in [6.07, 6.45) is 1.14. The summed E-state index contributed by atoms with van der Waals surface area (Å²) in [5.74, 6) is 0.559. The Labute approximate surface area is 145 Å². The van der Waals surface area contributed by atoms with Crippen LogP contribution in [0.25, 0.3) is 0 Å². The van der Waals surface area contributed by atoms with Gasteiger partial charge in [0.25, 0.3) is 0 Å². The van der Waals surface area contributed by atoms with Gasteiger partial charge in [-0.1, -0.05) is 12.1 Å². The molecule has 0 radical (unpaired) electrons. The van der Waals surface area contributed by atoms with Crippen LogP contribution in [-0.4, -0.2) is 42.2 Å². The molecule has 132 valence electrons. The Hall–Kier alpha value is -2.67. The van der Waals surface area contributed by atoms with Crippen LogP contribution >= 0.6 is 0 Å². The van der Waals surface area contributed by atoms with E-state index in [0.29, 0.717) is 24.7 Å². The number of hydrogen-bond donors (Lipinski definition) is 1. The third kappa shape index (κ3) is 4.06. The van der Waals surface area contributed by atoms with Crippen LogP contribution in [0.15, 0.2) is 42.6 Å². The molecule has 2 heterocycles. The highest BCUT2D eigenvalue weighted by Crippen LogP contribution is 2.27. The molecule has 1 aliphatic rings. The number of rotatable bonds is 3. The van der Waals surface area contributed by atoms with E-state index in [4.69, 9.17) is 9.47 Å². The minimum atomic E-state index is -0.305. The number of hydrogen-bond acceptors (Lipinski definition) is 4. The number of pyridine rings is 1. The first kappa shape index (κ1) is 17.2. The maximum atomic E-state index is 13.1. The molecule has 2 aromatic rings. The number of methoxy groups -OCH3 is 1. The molecule has 3 rings (SSSR count). The zero-order valence-corrected chi connectivity index (χ0v) is 14.1. The summed E-state index contributed by atoms with van der Waals surface area (Å²) in [7, 11) is 1.52. The molecular formula is C18H20FN3O3. The van der Waals surface area contributed by atoms with Gasteiger partial charge in [-0.15, -0.1) is 0 Å². The van der Waals surface area contributed by atoms with Crippen LogP contribution in [0.5, 0.6) is 5.75 Å². The molecule has 1 fully saturated rings. The number of anilines is 1. The van der Waals surface area contributed by atoms with Gasteiger partial charge in [-0.25, -0.2) is 14.2 Å². The first-order valence-corrected chi connectivity index (χ1v) is 8.02. The van der Waals surface area contributed by atoms with Crippen molar-refractivity contribution in [3.05, 3.63) is 54.0 Å². The zero-order chi connectivity index (χ0) is 17.8. The molecule has 0 saturated carbocycles. The largest absolute Gasteiger partial charge is 0.493 e. The number of benzene rings is 1. The Morgan fingerprint density at radius 1 is 1.32 bits per heavy atom. The van der Waals surface area contributed by atoms with Crippen LogP contribution in [0.3, 0.4) is 0 Å². The van der Waals surface area contributed by atoms with E-state index < -0.39 is 0 Å². The number of ether oxygens (including phenoxy) is 2. The Kier molecular flexibility index (Phi) is 5.14. The van der Waals surface area contributed by atoms with Crippen molar-refractivity contribution in [1.82, 2.24) is 9.88 Å². The summed E-state index contributed by atoms with van der Waals surface area (Å²) in [6.45, 7) is 2.73. The van der Waals surface area contributed by atoms with Gasteiger partial charge in [0, 0.05) is 12.7 Å². The SMILES string of the molecule is COc1cccnc1NC(=O)N1C[C@@H](C)O[C@H](c2ccc(F)cc2)C1. The second-order valence-electron chi connectivity index (χ2n) is 5.88. The highest BCUT2D eigenvalue weighted by molar-refractivity contribution is 5.89. The van der Waals surface area contributed by atoms with Crippen molar-refractivity contribution in [3.8, 4) is 5.75 Å². The van der Waals surface area contributed by atoms with Crippen LogP contribution in [-0.2, 0) is 4.74 Å². The molecule has 1 aromatic carbocycles. The molecule has 1 aromatic heterocycles. The van der Waals surface area contributed by atoms with E-state index in [9.17, 15) is 9.18 Å². The molecule has 0 aliphatic carbocycles. The second kappa shape index (κ2) is 7.48. The maximum absolute atomic E-state index is 13.1. The summed E-state index contributed by atoms with van der Waals surface area (Å²) in [4.78, 5) is 18.4. The third-order valence-electron chi connectivity index (χ3n) is 4.01. The van der Waals surface area contributed by atoms with E-state index in [2.05, 4.69) is 10.3 Å². The van der Waals surface area contributed by atoms with Crippen molar-refractivity contribution in [2.75, 3.05) is 25.5 Å². The van der Waals surface area contributed by atoms with Crippen LogP contribution in [0.1, 0.15) is 18.6 Å². The number of nitrogens with zero attached hydrogens (tertiary/aromatic N) is 2. The molecule has 2 amide bonds. The van der Waals surface area contributed by atoms with E-state index in [0.717, 1.165) is 5.56 Å². The van der Waals surface area contributed by atoms with Gasteiger partial charge in [0.05, 0.1) is 19.8 Å². The number of carbonyl (C=O) groups is 1. The smallest absolute Gasteiger partial charge is 0.323 e. The minimum absolute atomic E-state index is 0.139. The lowest BCUT2D eigenvalue weighted by Crippen LogP contribution is -2.47. The maximum Gasteiger partial charge on any atom is 0.323 e. The van der Waals surface area contributed by atoms with Crippen molar-refractivity contribution < 1.29 is 18.7 Å². The van der Waals surface area contributed by atoms with Crippen LogP contribution < -0.4 is 10.1 Å². The predicted molar refractivity (Wildman–Crippen MR) is 91.1 cm³/mol. The van der Waals surface area contributed by atoms with Crippen LogP contribution in [0.4, 0.5) is 15.0 Å². The number of morpholine rings is 1. The highest BCUT2D eigenvalue weighted by Gasteiger charge is 2.30. The number of carbonyl (C=O) groups excluding carboxylic acids is 1. The molecule has 0 bridgehead atoms. The average Bonchev–Trinajstić information content (AvgIpc) is 2.62. The Balaban J connectivity index is 1.72. The lowest BCUT2D eigenvalue weighted by molar-refractivity contribution is -0.0643. The molecule has 0 spiro atoms. The summed E-state index contributed by atoms with van der Waals surface area (Å²) in [5, 5.41) is 2.77. The van der Waals surface area contributed by atoms with Gasteiger partial charge in [-0.3, -0.25) is 5.32 Å². The summed E-state index contributed by atoms with van der Waals surface area (Å²) in [6, 6.07) is 9.31. The number of urea groups is 1. The minimum Gasteiger partial charge on any atom is -0.493 e. The first-order chi connectivity index (χ1) is 12.1.